The maximum Gasteiger partial charge on any atom is 0.244 e. The summed E-state index contributed by atoms with van der Waals surface area (Å²) in [7, 11) is 0. The number of hydrogen-bond acceptors (Lipinski definition) is 3. The van der Waals surface area contributed by atoms with Crippen molar-refractivity contribution in [3.63, 3.8) is 0 Å². The zero-order valence-electron chi connectivity index (χ0n) is 8.75. The van der Waals surface area contributed by atoms with E-state index in [4.69, 9.17) is 5.73 Å². The van der Waals surface area contributed by atoms with E-state index in [0.29, 0.717) is 5.57 Å². The monoisotopic (exact) mass is 197 g/mol. The Hall–Kier alpha value is -0.870. The number of rotatable bonds is 4. The van der Waals surface area contributed by atoms with E-state index in [0.717, 1.165) is 39.1 Å². The molecule has 0 aromatic heterocycles. The molecule has 80 valence electrons. The lowest BCUT2D eigenvalue weighted by Gasteiger charge is -2.26. The number of carbonyl (C=O) groups excluding carboxylic acids is 1. The normalized spacial score (nSPS) is 19.6. The van der Waals surface area contributed by atoms with Crippen LogP contribution >= 0.6 is 0 Å². The van der Waals surface area contributed by atoms with Crippen LogP contribution in [0.15, 0.2) is 11.6 Å². The lowest BCUT2D eigenvalue weighted by atomic mass is 10.2. The van der Waals surface area contributed by atoms with Gasteiger partial charge in [-0.25, -0.2) is 0 Å². The first-order valence-corrected chi connectivity index (χ1v) is 5.10. The van der Waals surface area contributed by atoms with Gasteiger partial charge >= 0.3 is 0 Å². The van der Waals surface area contributed by atoms with E-state index in [1.54, 1.807) is 6.92 Å². The topological polar surface area (TPSA) is 58.4 Å². The van der Waals surface area contributed by atoms with Crippen LogP contribution in [0.25, 0.3) is 0 Å². The third-order valence-corrected chi connectivity index (χ3v) is 2.49. The first kappa shape index (κ1) is 11.2. The summed E-state index contributed by atoms with van der Waals surface area (Å²) < 4.78 is 0. The van der Waals surface area contributed by atoms with Gasteiger partial charge in [-0.3, -0.25) is 4.79 Å². The Morgan fingerprint density at radius 3 is 2.71 bits per heavy atom. The van der Waals surface area contributed by atoms with Crippen LogP contribution in [0, 0.1) is 0 Å². The molecule has 1 aliphatic heterocycles. The number of hydrogen-bond donors (Lipinski definition) is 2. The van der Waals surface area contributed by atoms with Gasteiger partial charge in [-0.05, 0) is 13.3 Å². The van der Waals surface area contributed by atoms with Crippen LogP contribution in [-0.2, 0) is 4.79 Å². The van der Waals surface area contributed by atoms with Crippen molar-refractivity contribution in [3.8, 4) is 0 Å². The van der Waals surface area contributed by atoms with Crippen molar-refractivity contribution < 1.29 is 4.79 Å². The molecule has 1 fully saturated rings. The molecule has 14 heavy (non-hydrogen) atoms. The van der Waals surface area contributed by atoms with E-state index in [9.17, 15) is 4.79 Å². The molecule has 0 bridgehead atoms. The Labute approximate surface area is 85.1 Å². The molecule has 0 spiro atoms. The van der Waals surface area contributed by atoms with Crippen LogP contribution in [0.3, 0.4) is 0 Å². The van der Waals surface area contributed by atoms with E-state index in [1.165, 1.54) is 0 Å². The highest BCUT2D eigenvalue weighted by Crippen LogP contribution is 1.98. The molecular weight excluding hydrogens is 178 g/mol. The Balaban J connectivity index is 2.19. The maximum atomic E-state index is 10.7. The number of primary amides is 1. The summed E-state index contributed by atoms with van der Waals surface area (Å²) in [6, 6.07) is 0. The minimum atomic E-state index is -0.315. The summed E-state index contributed by atoms with van der Waals surface area (Å²) in [5.74, 6) is -0.315. The number of amides is 1. The molecule has 1 aliphatic rings. The van der Waals surface area contributed by atoms with Crippen LogP contribution in [0.2, 0.25) is 0 Å². The Kier molecular flexibility index (Phi) is 4.62. The van der Waals surface area contributed by atoms with Crippen LogP contribution < -0.4 is 11.1 Å². The second kappa shape index (κ2) is 5.78. The Morgan fingerprint density at radius 2 is 2.14 bits per heavy atom. The second-order valence-corrected chi connectivity index (χ2v) is 3.63. The van der Waals surface area contributed by atoms with E-state index >= 15 is 0 Å². The fourth-order valence-corrected chi connectivity index (χ4v) is 1.50. The van der Waals surface area contributed by atoms with Gasteiger partial charge in [-0.15, -0.1) is 0 Å². The predicted molar refractivity (Wildman–Crippen MR) is 56.9 cm³/mol. The summed E-state index contributed by atoms with van der Waals surface area (Å²) in [6.07, 6.45) is 2.83. The van der Waals surface area contributed by atoms with Crippen LogP contribution in [-0.4, -0.2) is 43.5 Å². The highest BCUT2D eigenvalue weighted by Gasteiger charge is 2.07. The molecule has 1 rings (SSSR count). The molecule has 0 saturated carbocycles. The zero-order valence-corrected chi connectivity index (χ0v) is 8.75. The molecule has 4 heteroatoms. The molecule has 0 radical (unpaired) electrons. The molecule has 0 aromatic carbocycles. The zero-order chi connectivity index (χ0) is 10.4. The van der Waals surface area contributed by atoms with Gasteiger partial charge < -0.3 is 16.0 Å². The van der Waals surface area contributed by atoms with Gasteiger partial charge in [0, 0.05) is 38.3 Å². The lowest BCUT2D eigenvalue weighted by Crippen LogP contribution is -2.43. The largest absolute Gasteiger partial charge is 0.366 e. The fraction of sp³-hybridized carbons (Fsp3) is 0.700. The number of nitrogens with zero attached hydrogens (tertiary/aromatic N) is 1. The maximum absolute atomic E-state index is 10.7. The van der Waals surface area contributed by atoms with E-state index in [2.05, 4.69) is 10.2 Å². The van der Waals surface area contributed by atoms with Crippen molar-refractivity contribution in [3.05, 3.63) is 11.6 Å². The van der Waals surface area contributed by atoms with Crippen molar-refractivity contribution in [2.45, 2.75) is 13.3 Å². The quantitative estimate of drug-likeness (QED) is 0.609. The van der Waals surface area contributed by atoms with E-state index < -0.39 is 0 Å². The number of carbonyl (C=O) groups is 1. The summed E-state index contributed by atoms with van der Waals surface area (Å²) in [5.41, 5.74) is 5.79. The van der Waals surface area contributed by atoms with Crippen molar-refractivity contribution >= 4 is 5.91 Å². The van der Waals surface area contributed by atoms with Crippen molar-refractivity contribution in [2.24, 2.45) is 5.73 Å². The minimum Gasteiger partial charge on any atom is -0.366 e. The molecule has 1 saturated heterocycles. The molecule has 0 atom stereocenters. The molecular formula is C10H19N3O. The van der Waals surface area contributed by atoms with Gasteiger partial charge in [-0.1, -0.05) is 6.08 Å². The first-order valence-electron chi connectivity index (χ1n) is 5.10. The average Bonchev–Trinajstić information content (AvgIpc) is 2.19. The highest BCUT2D eigenvalue weighted by molar-refractivity contribution is 5.91. The second-order valence-electron chi connectivity index (χ2n) is 3.63. The highest BCUT2D eigenvalue weighted by atomic mass is 16.1. The Morgan fingerprint density at radius 1 is 1.50 bits per heavy atom. The number of nitrogens with one attached hydrogen (secondary N) is 1. The van der Waals surface area contributed by atoms with Gasteiger partial charge in [0.15, 0.2) is 0 Å². The average molecular weight is 197 g/mol. The summed E-state index contributed by atoms with van der Waals surface area (Å²) in [6.45, 7) is 7.12. The first-order chi connectivity index (χ1) is 6.70. The SMILES string of the molecule is CC(=CCCN1CCNCC1)C(N)=O. The molecule has 1 amide bonds. The Bertz CT molecular complexity index is 219. The summed E-state index contributed by atoms with van der Waals surface area (Å²) in [4.78, 5) is 13.1. The van der Waals surface area contributed by atoms with E-state index in [-0.39, 0.29) is 5.91 Å². The van der Waals surface area contributed by atoms with Crippen LogP contribution in [0.5, 0.6) is 0 Å². The van der Waals surface area contributed by atoms with E-state index in [1.807, 2.05) is 6.08 Å². The van der Waals surface area contributed by atoms with Gasteiger partial charge in [0.1, 0.15) is 0 Å². The molecule has 3 N–H and O–H groups in total. The predicted octanol–water partition coefficient (Wildman–Crippen LogP) is -0.287. The number of piperazine rings is 1. The minimum absolute atomic E-state index is 0.315. The lowest BCUT2D eigenvalue weighted by molar-refractivity contribution is -0.114. The molecule has 0 aliphatic carbocycles. The van der Waals surface area contributed by atoms with Gasteiger partial charge in [0.05, 0.1) is 0 Å². The van der Waals surface area contributed by atoms with Crippen LogP contribution in [0.1, 0.15) is 13.3 Å². The third-order valence-electron chi connectivity index (χ3n) is 2.49. The van der Waals surface area contributed by atoms with Crippen molar-refractivity contribution in [1.82, 2.24) is 10.2 Å². The molecule has 4 nitrogen and oxygen atoms in total. The standard InChI is InChI=1S/C10H19N3O/c1-9(10(11)14)3-2-6-13-7-4-12-5-8-13/h3,12H,2,4-8H2,1H3,(H2,11,14). The smallest absolute Gasteiger partial charge is 0.244 e. The number of nitrogens with two attached hydrogens (primary N) is 1. The fourth-order valence-electron chi connectivity index (χ4n) is 1.50. The molecule has 0 aromatic rings. The summed E-state index contributed by atoms with van der Waals surface area (Å²) in [5, 5.41) is 3.30. The van der Waals surface area contributed by atoms with Crippen molar-refractivity contribution in [1.29, 1.82) is 0 Å². The van der Waals surface area contributed by atoms with Gasteiger partial charge in [-0.2, -0.15) is 0 Å². The van der Waals surface area contributed by atoms with Gasteiger partial charge in [0.25, 0.3) is 0 Å². The van der Waals surface area contributed by atoms with Gasteiger partial charge in [0.2, 0.25) is 5.91 Å². The van der Waals surface area contributed by atoms with Crippen molar-refractivity contribution in [2.75, 3.05) is 32.7 Å². The third kappa shape index (κ3) is 3.89. The summed E-state index contributed by atoms with van der Waals surface area (Å²) >= 11 is 0. The molecule has 1 heterocycles. The molecule has 0 unspecified atom stereocenters. The van der Waals surface area contributed by atoms with Crippen LogP contribution in [0.4, 0.5) is 0 Å².